The number of hydrogen-bond donors (Lipinski definition) is 1. The van der Waals surface area contributed by atoms with Crippen LogP contribution in [0.25, 0.3) is 0 Å². The van der Waals surface area contributed by atoms with Gasteiger partial charge in [0.25, 0.3) is 0 Å². The first kappa shape index (κ1) is 8.11. The van der Waals surface area contributed by atoms with E-state index in [9.17, 15) is 0 Å². The summed E-state index contributed by atoms with van der Waals surface area (Å²) in [5.41, 5.74) is 0.994. The van der Waals surface area contributed by atoms with Crippen LogP contribution >= 0.6 is 0 Å². The Morgan fingerprint density at radius 2 is 2.36 bits per heavy atom. The number of anilines is 1. The van der Waals surface area contributed by atoms with Crippen molar-refractivity contribution in [1.29, 1.82) is 0 Å². The number of nitrogens with one attached hydrogen (secondary N) is 1. The van der Waals surface area contributed by atoms with E-state index in [1.807, 2.05) is 6.07 Å². The molecule has 11 heavy (non-hydrogen) atoms. The summed E-state index contributed by atoms with van der Waals surface area (Å²) in [6, 6.07) is 2.33. The zero-order valence-corrected chi connectivity index (χ0v) is 7.22. The van der Waals surface area contributed by atoms with Gasteiger partial charge in [-0.2, -0.15) is 0 Å². The van der Waals surface area contributed by atoms with E-state index in [1.54, 1.807) is 0 Å². The molecule has 0 saturated carbocycles. The molecule has 0 saturated heterocycles. The Morgan fingerprint density at radius 3 is 2.82 bits per heavy atom. The highest BCUT2D eigenvalue weighted by Gasteiger charge is 2.01. The van der Waals surface area contributed by atoms with Crippen LogP contribution in [0.4, 0.5) is 5.88 Å². The van der Waals surface area contributed by atoms with Gasteiger partial charge >= 0.3 is 0 Å². The molecule has 1 heterocycles. The molecule has 0 atom stereocenters. The highest BCUT2D eigenvalue weighted by molar-refractivity contribution is 5.32. The lowest BCUT2D eigenvalue weighted by Crippen LogP contribution is -2.08. The number of nitrogens with zero attached hydrogens (tertiary/aromatic N) is 1. The first-order chi connectivity index (χ1) is 5.22. The molecule has 3 nitrogen and oxygen atoms in total. The minimum absolute atomic E-state index is 0.396. The first-order valence-corrected chi connectivity index (χ1v) is 3.94. The molecule has 1 aromatic heterocycles. The van der Waals surface area contributed by atoms with E-state index < -0.39 is 0 Å². The van der Waals surface area contributed by atoms with E-state index in [0.717, 1.165) is 18.0 Å². The van der Waals surface area contributed by atoms with Crippen LogP contribution in [0.5, 0.6) is 0 Å². The van der Waals surface area contributed by atoms with Crippen LogP contribution in [-0.2, 0) is 6.42 Å². The van der Waals surface area contributed by atoms with Gasteiger partial charge in [0.15, 0.2) is 0 Å². The smallest absolute Gasteiger partial charge is 0.225 e. The largest absolute Gasteiger partial charge is 0.352 e. The molecule has 62 valence electrons. The van der Waals surface area contributed by atoms with Crippen molar-refractivity contribution in [2.45, 2.75) is 33.2 Å². The average Bonchev–Trinajstić information content (AvgIpc) is 2.34. The summed E-state index contributed by atoms with van der Waals surface area (Å²) in [5, 5.41) is 6.98. The molecule has 3 heteroatoms. The summed E-state index contributed by atoms with van der Waals surface area (Å²) in [6.45, 7) is 6.18. The average molecular weight is 154 g/mol. The maximum atomic E-state index is 5.01. The summed E-state index contributed by atoms with van der Waals surface area (Å²) in [5.74, 6) is 0.761. The Morgan fingerprint density at radius 1 is 1.64 bits per heavy atom. The number of aromatic nitrogens is 1. The molecule has 0 amide bonds. The second-order valence-electron chi connectivity index (χ2n) is 2.84. The Kier molecular flexibility index (Phi) is 2.52. The molecule has 0 aliphatic heterocycles. The Hall–Kier alpha value is -0.990. The van der Waals surface area contributed by atoms with Gasteiger partial charge in [-0.15, -0.1) is 0 Å². The fourth-order valence-corrected chi connectivity index (χ4v) is 0.831. The predicted molar refractivity (Wildman–Crippen MR) is 44.6 cm³/mol. The van der Waals surface area contributed by atoms with Crippen molar-refractivity contribution in [3.05, 3.63) is 11.8 Å². The monoisotopic (exact) mass is 154 g/mol. The van der Waals surface area contributed by atoms with Crippen molar-refractivity contribution in [2.24, 2.45) is 0 Å². The molecule has 0 aromatic carbocycles. The van der Waals surface area contributed by atoms with Gasteiger partial charge in [0, 0.05) is 12.1 Å². The second kappa shape index (κ2) is 3.42. The molecule has 0 aliphatic rings. The van der Waals surface area contributed by atoms with Gasteiger partial charge in [-0.05, 0) is 20.3 Å². The summed E-state index contributed by atoms with van der Waals surface area (Å²) in [6.07, 6.45) is 0.920. The minimum Gasteiger partial charge on any atom is -0.352 e. The number of aryl methyl sites for hydroxylation is 1. The maximum Gasteiger partial charge on any atom is 0.225 e. The lowest BCUT2D eigenvalue weighted by Gasteiger charge is -2.02. The van der Waals surface area contributed by atoms with Gasteiger partial charge in [0.05, 0.1) is 5.69 Å². The van der Waals surface area contributed by atoms with Crippen molar-refractivity contribution in [3.8, 4) is 0 Å². The van der Waals surface area contributed by atoms with Gasteiger partial charge in [0.1, 0.15) is 0 Å². The van der Waals surface area contributed by atoms with Crippen molar-refractivity contribution in [2.75, 3.05) is 5.32 Å². The predicted octanol–water partition coefficient (Wildman–Crippen LogP) is 2.06. The van der Waals surface area contributed by atoms with Gasteiger partial charge in [-0.3, -0.25) is 0 Å². The second-order valence-corrected chi connectivity index (χ2v) is 2.84. The molecule has 1 N–H and O–H groups in total. The topological polar surface area (TPSA) is 38.1 Å². The van der Waals surface area contributed by atoms with Gasteiger partial charge in [-0.25, -0.2) is 0 Å². The summed E-state index contributed by atoms with van der Waals surface area (Å²) in [7, 11) is 0. The van der Waals surface area contributed by atoms with Crippen molar-refractivity contribution in [1.82, 2.24) is 5.16 Å². The van der Waals surface area contributed by atoms with Crippen molar-refractivity contribution >= 4 is 5.88 Å². The van der Waals surface area contributed by atoms with Crippen LogP contribution in [0.2, 0.25) is 0 Å². The highest BCUT2D eigenvalue weighted by Crippen LogP contribution is 2.10. The zero-order chi connectivity index (χ0) is 8.27. The Bertz CT molecular complexity index is 218. The fourth-order valence-electron chi connectivity index (χ4n) is 0.831. The van der Waals surface area contributed by atoms with Crippen LogP contribution in [-0.4, -0.2) is 11.2 Å². The van der Waals surface area contributed by atoms with Gasteiger partial charge in [-0.1, -0.05) is 12.1 Å². The molecule has 0 unspecified atom stereocenters. The van der Waals surface area contributed by atoms with Gasteiger partial charge < -0.3 is 9.84 Å². The molecule has 1 rings (SSSR count). The molecule has 0 spiro atoms. The molecule has 0 aliphatic carbocycles. The molecular weight excluding hydrogens is 140 g/mol. The third-order valence-corrected chi connectivity index (χ3v) is 1.35. The zero-order valence-electron chi connectivity index (χ0n) is 7.22. The van der Waals surface area contributed by atoms with E-state index in [-0.39, 0.29) is 0 Å². The quantitative estimate of drug-likeness (QED) is 0.724. The summed E-state index contributed by atoms with van der Waals surface area (Å²) in [4.78, 5) is 0. The molecule has 0 fully saturated rings. The van der Waals surface area contributed by atoms with E-state index in [4.69, 9.17) is 4.52 Å². The molecule has 0 radical (unpaired) electrons. The number of hydrogen-bond acceptors (Lipinski definition) is 3. The van der Waals surface area contributed by atoms with E-state index in [1.165, 1.54) is 0 Å². The molecular formula is C8H14N2O. The van der Waals surface area contributed by atoms with Crippen molar-refractivity contribution in [3.63, 3.8) is 0 Å². The van der Waals surface area contributed by atoms with E-state index in [2.05, 4.69) is 31.2 Å². The van der Waals surface area contributed by atoms with Crippen LogP contribution in [0.15, 0.2) is 10.6 Å². The van der Waals surface area contributed by atoms with Crippen LogP contribution < -0.4 is 5.32 Å². The van der Waals surface area contributed by atoms with Gasteiger partial charge in [0.2, 0.25) is 5.88 Å². The molecule has 1 aromatic rings. The Balaban J connectivity index is 2.58. The third kappa shape index (κ3) is 2.26. The van der Waals surface area contributed by atoms with E-state index >= 15 is 0 Å². The fraction of sp³-hybridized carbons (Fsp3) is 0.625. The standard InChI is InChI=1S/C8H14N2O/c1-4-7-5-8(11-10-7)9-6(2)3/h5-6,9H,4H2,1-3H3. The van der Waals surface area contributed by atoms with Crippen LogP contribution in [0.1, 0.15) is 26.5 Å². The van der Waals surface area contributed by atoms with Crippen molar-refractivity contribution < 1.29 is 4.52 Å². The minimum atomic E-state index is 0.396. The van der Waals surface area contributed by atoms with Crippen LogP contribution in [0.3, 0.4) is 0 Å². The SMILES string of the molecule is CCc1cc(NC(C)C)on1. The lowest BCUT2D eigenvalue weighted by atomic mass is 10.3. The summed E-state index contributed by atoms with van der Waals surface area (Å²) < 4.78 is 5.01. The third-order valence-electron chi connectivity index (χ3n) is 1.35. The maximum absolute atomic E-state index is 5.01. The first-order valence-electron chi connectivity index (χ1n) is 3.94. The Labute approximate surface area is 66.8 Å². The van der Waals surface area contributed by atoms with E-state index in [0.29, 0.717) is 6.04 Å². The number of rotatable bonds is 3. The highest BCUT2D eigenvalue weighted by atomic mass is 16.5. The molecule has 0 bridgehead atoms. The lowest BCUT2D eigenvalue weighted by molar-refractivity contribution is 0.422. The summed E-state index contributed by atoms with van der Waals surface area (Å²) >= 11 is 0. The normalized spacial score (nSPS) is 10.5. The van der Waals surface area contributed by atoms with Crippen LogP contribution in [0, 0.1) is 0 Å².